The first-order valence-corrected chi connectivity index (χ1v) is 13.6. The van der Waals surface area contributed by atoms with Crippen molar-refractivity contribution in [1.82, 2.24) is 9.88 Å². The lowest BCUT2D eigenvalue weighted by molar-refractivity contribution is 0.0841. The van der Waals surface area contributed by atoms with E-state index in [1.54, 1.807) is 29.4 Å². The smallest absolute Gasteiger partial charge is 0.258 e. The van der Waals surface area contributed by atoms with Crippen molar-refractivity contribution in [1.29, 1.82) is 0 Å². The van der Waals surface area contributed by atoms with Gasteiger partial charge in [0.05, 0.1) is 11.9 Å². The van der Waals surface area contributed by atoms with E-state index in [0.29, 0.717) is 24.2 Å². The summed E-state index contributed by atoms with van der Waals surface area (Å²) in [6.45, 7) is 5.91. The number of anilines is 2. The van der Waals surface area contributed by atoms with Crippen LogP contribution in [0.5, 0.6) is 0 Å². The monoisotopic (exact) mass is 516 g/mol. The fraction of sp³-hybridized carbons (Fsp3) is 0.387. The number of hydrogen-bond acceptors (Lipinski definition) is 5. The Kier molecular flexibility index (Phi) is 9.98. The Morgan fingerprint density at radius 1 is 1.00 bits per heavy atom. The van der Waals surface area contributed by atoms with Gasteiger partial charge in [0.15, 0.2) is 5.78 Å². The predicted molar refractivity (Wildman–Crippen MR) is 150 cm³/mol. The number of carbonyl (C=O) groups excluding carboxylic acids is 2. The highest BCUT2D eigenvalue weighted by Crippen LogP contribution is 2.23. The number of benzene rings is 2. The summed E-state index contributed by atoms with van der Waals surface area (Å²) in [5, 5.41) is 3.42. The second-order valence-corrected chi connectivity index (χ2v) is 9.87. The minimum Gasteiger partial charge on any atom is -0.385 e. The Hall–Kier alpha value is -3.58. The van der Waals surface area contributed by atoms with E-state index < -0.39 is 0 Å². The standard InChI is InChI=1S/C31H37FN4O2/c1-2-3-4-18-34-28-13-9-26(10-14-28)31(38)36(29-6-5-17-33-23-29)22-21-35-19-15-25(16-20-35)30(37)24-7-11-27(32)12-8-24/h5-14,17,23,25,34H,2-4,15-16,18-22H2,1H3. The van der Waals surface area contributed by atoms with Crippen LogP contribution in [0.15, 0.2) is 73.1 Å². The van der Waals surface area contributed by atoms with E-state index in [-0.39, 0.29) is 23.4 Å². The molecule has 1 N–H and O–H groups in total. The van der Waals surface area contributed by atoms with Crippen LogP contribution in [0, 0.1) is 11.7 Å². The number of Topliss-reactive ketones (excluding diaryl/α,β-unsaturated/α-hetero) is 1. The first-order valence-electron chi connectivity index (χ1n) is 13.6. The predicted octanol–water partition coefficient (Wildman–Crippen LogP) is 6.06. The fourth-order valence-electron chi connectivity index (χ4n) is 4.87. The Balaban J connectivity index is 1.34. The molecule has 38 heavy (non-hydrogen) atoms. The van der Waals surface area contributed by atoms with Gasteiger partial charge in [-0.15, -0.1) is 0 Å². The van der Waals surface area contributed by atoms with E-state index in [4.69, 9.17) is 0 Å². The Bertz CT molecular complexity index is 1160. The number of amides is 1. The van der Waals surface area contributed by atoms with Gasteiger partial charge < -0.3 is 15.1 Å². The summed E-state index contributed by atoms with van der Waals surface area (Å²) in [4.78, 5) is 34.7. The highest BCUT2D eigenvalue weighted by molar-refractivity contribution is 6.06. The molecular weight excluding hydrogens is 479 g/mol. The van der Waals surface area contributed by atoms with Gasteiger partial charge in [0, 0.05) is 48.6 Å². The molecule has 7 heteroatoms. The van der Waals surface area contributed by atoms with Gasteiger partial charge >= 0.3 is 0 Å². The third-order valence-electron chi connectivity index (χ3n) is 7.17. The minimum absolute atomic E-state index is 0.0538. The fourth-order valence-corrected chi connectivity index (χ4v) is 4.87. The summed E-state index contributed by atoms with van der Waals surface area (Å²) in [7, 11) is 0. The van der Waals surface area contributed by atoms with Gasteiger partial charge in [0.2, 0.25) is 0 Å². The molecular formula is C31H37FN4O2. The largest absolute Gasteiger partial charge is 0.385 e. The van der Waals surface area contributed by atoms with Crippen molar-refractivity contribution in [2.24, 2.45) is 5.92 Å². The maximum Gasteiger partial charge on any atom is 0.258 e. The molecule has 1 fully saturated rings. The molecule has 0 spiro atoms. The van der Waals surface area contributed by atoms with Crippen LogP contribution in [0.3, 0.4) is 0 Å². The zero-order chi connectivity index (χ0) is 26.7. The molecule has 1 aromatic heterocycles. The zero-order valence-electron chi connectivity index (χ0n) is 22.1. The van der Waals surface area contributed by atoms with Gasteiger partial charge in [-0.1, -0.05) is 19.8 Å². The SMILES string of the molecule is CCCCCNc1ccc(C(=O)N(CCN2CCC(C(=O)c3ccc(F)cc3)CC2)c2cccnc2)cc1. The number of nitrogens with zero attached hydrogens (tertiary/aromatic N) is 3. The number of halogens is 1. The molecule has 1 amide bonds. The van der Waals surface area contributed by atoms with Crippen molar-refractivity contribution in [2.45, 2.75) is 39.0 Å². The summed E-state index contributed by atoms with van der Waals surface area (Å²) >= 11 is 0. The van der Waals surface area contributed by atoms with Crippen LogP contribution < -0.4 is 10.2 Å². The van der Waals surface area contributed by atoms with Crippen molar-refractivity contribution in [2.75, 3.05) is 42.9 Å². The molecule has 0 aliphatic carbocycles. The van der Waals surface area contributed by atoms with Crippen molar-refractivity contribution < 1.29 is 14.0 Å². The highest BCUT2D eigenvalue weighted by Gasteiger charge is 2.27. The second kappa shape index (κ2) is 13.8. The summed E-state index contributed by atoms with van der Waals surface area (Å²) in [6, 6.07) is 17.2. The first kappa shape index (κ1) is 27.5. The molecule has 0 radical (unpaired) electrons. The van der Waals surface area contributed by atoms with E-state index >= 15 is 0 Å². The molecule has 3 aromatic rings. The summed E-state index contributed by atoms with van der Waals surface area (Å²) in [5.41, 5.74) is 2.99. The summed E-state index contributed by atoms with van der Waals surface area (Å²) in [6.07, 6.45) is 8.44. The van der Waals surface area contributed by atoms with E-state index in [0.717, 1.165) is 50.3 Å². The Labute approximate surface area is 224 Å². The number of unbranched alkanes of at least 4 members (excludes halogenated alkanes) is 2. The van der Waals surface area contributed by atoms with Crippen LogP contribution in [-0.2, 0) is 0 Å². The molecule has 1 aliphatic heterocycles. The Morgan fingerprint density at radius 2 is 1.71 bits per heavy atom. The van der Waals surface area contributed by atoms with Gasteiger partial charge in [-0.25, -0.2) is 4.39 Å². The number of aromatic nitrogens is 1. The molecule has 2 heterocycles. The van der Waals surface area contributed by atoms with E-state index in [2.05, 4.69) is 22.1 Å². The van der Waals surface area contributed by atoms with Crippen molar-refractivity contribution in [3.63, 3.8) is 0 Å². The van der Waals surface area contributed by atoms with Crippen LogP contribution >= 0.6 is 0 Å². The van der Waals surface area contributed by atoms with Crippen molar-refractivity contribution in [3.05, 3.63) is 90.0 Å². The molecule has 0 atom stereocenters. The van der Waals surface area contributed by atoms with E-state index in [1.807, 2.05) is 36.4 Å². The van der Waals surface area contributed by atoms with Crippen LogP contribution in [-0.4, -0.2) is 54.3 Å². The van der Waals surface area contributed by atoms with Crippen molar-refractivity contribution >= 4 is 23.1 Å². The van der Waals surface area contributed by atoms with Crippen LogP contribution in [0.2, 0.25) is 0 Å². The average Bonchev–Trinajstić information content (AvgIpc) is 2.96. The molecule has 6 nitrogen and oxygen atoms in total. The molecule has 200 valence electrons. The molecule has 4 rings (SSSR count). The number of nitrogens with one attached hydrogen (secondary N) is 1. The molecule has 0 bridgehead atoms. The topological polar surface area (TPSA) is 65.5 Å². The van der Waals surface area contributed by atoms with E-state index in [1.165, 1.54) is 25.0 Å². The van der Waals surface area contributed by atoms with Gasteiger partial charge in [0.25, 0.3) is 5.91 Å². The lowest BCUT2D eigenvalue weighted by Crippen LogP contribution is -2.43. The maximum absolute atomic E-state index is 13.5. The van der Waals surface area contributed by atoms with Gasteiger partial charge in [-0.05, 0) is 93.0 Å². The number of hydrogen-bond donors (Lipinski definition) is 1. The molecule has 2 aromatic carbocycles. The summed E-state index contributed by atoms with van der Waals surface area (Å²) < 4.78 is 13.2. The number of ketones is 1. The molecule has 0 saturated carbocycles. The van der Waals surface area contributed by atoms with Crippen LogP contribution in [0.1, 0.15) is 59.7 Å². The lowest BCUT2D eigenvalue weighted by Gasteiger charge is -2.33. The van der Waals surface area contributed by atoms with E-state index in [9.17, 15) is 14.0 Å². The van der Waals surface area contributed by atoms with Crippen LogP contribution in [0.4, 0.5) is 15.8 Å². The molecule has 1 saturated heterocycles. The van der Waals surface area contributed by atoms with Gasteiger partial charge in [-0.3, -0.25) is 14.6 Å². The minimum atomic E-state index is -0.334. The molecule has 1 aliphatic rings. The highest BCUT2D eigenvalue weighted by atomic mass is 19.1. The van der Waals surface area contributed by atoms with Crippen molar-refractivity contribution in [3.8, 4) is 0 Å². The third-order valence-corrected chi connectivity index (χ3v) is 7.17. The maximum atomic E-state index is 13.5. The first-order chi connectivity index (χ1) is 18.5. The normalized spacial score (nSPS) is 14.3. The van der Waals surface area contributed by atoms with Gasteiger partial charge in [-0.2, -0.15) is 0 Å². The quantitative estimate of drug-likeness (QED) is 0.234. The Morgan fingerprint density at radius 3 is 2.37 bits per heavy atom. The van der Waals surface area contributed by atoms with Gasteiger partial charge in [0.1, 0.15) is 5.82 Å². The third kappa shape index (κ3) is 7.48. The number of carbonyl (C=O) groups is 2. The second-order valence-electron chi connectivity index (χ2n) is 9.87. The van der Waals surface area contributed by atoms with Crippen LogP contribution in [0.25, 0.3) is 0 Å². The summed E-state index contributed by atoms with van der Waals surface area (Å²) in [5.74, 6) is -0.363. The molecule has 0 unspecified atom stereocenters. The number of piperidine rings is 1. The average molecular weight is 517 g/mol. The number of rotatable bonds is 12. The number of pyridine rings is 1. The zero-order valence-corrected chi connectivity index (χ0v) is 22.1. The number of likely N-dealkylation sites (tertiary alicyclic amines) is 1. The lowest BCUT2D eigenvalue weighted by atomic mass is 9.89.